The number of Topliss-reactive ketones (excluding diaryl/α,β-unsaturated/α-hetero) is 1. The Morgan fingerprint density at radius 3 is 2.36 bits per heavy atom. The zero-order valence-electron chi connectivity index (χ0n) is 20.4. The minimum atomic E-state index is -0.944. The summed E-state index contributed by atoms with van der Waals surface area (Å²) in [4.78, 5) is 28.2. The van der Waals surface area contributed by atoms with Crippen LogP contribution in [0.2, 0.25) is 5.02 Å². The Balaban J connectivity index is 2.00. The number of carbonyl (C=O) groups is 2. The summed E-state index contributed by atoms with van der Waals surface area (Å²) >= 11 is 6.19. The van der Waals surface area contributed by atoms with Crippen LogP contribution in [0.3, 0.4) is 0 Å². The third kappa shape index (κ3) is 4.50. The number of carbonyl (C=O) groups excluding carboxylic acids is 2. The van der Waals surface area contributed by atoms with Gasteiger partial charge < -0.3 is 19.3 Å². The third-order valence-electron chi connectivity index (χ3n) is 5.94. The molecule has 0 aromatic heterocycles. The number of ether oxygens (including phenoxy) is 3. The van der Waals surface area contributed by atoms with E-state index in [9.17, 15) is 14.7 Å². The normalized spacial score (nSPS) is 16.8. The van der Waals surface area contributed by atoms with Gasteiger partial charge in [0.05, 0.1) is 38.0 Å². The van der Waals surface area contributed by atoms with Crippen molar-refractivity contribution in [3.63, 3.8) is 0 Å². The van der Waals surface area contributed by atoms with Crippen LogP contribution < -0.4 is 19.1 Å². The number of hydrogen-bond donors (Lipinski definition) is 1. The van der Waals surface area contributed by atoms with Crippen molar-refractivity contribution in [2.24, 2.45) is 0 Å². The number of aliphatic hydroxyl groups is 1. The van der Waals surface area contributed by atoms with Gasteiger partial charge in [0, 0.05) is 10.7 Å². The third-order valence-corrected chi connectivity index (χ3v) is 6.18. The van der Waals surface area contributed by atoms with E-state index in [1.807, 2.05) is 26.0 Å². The quantitative estimate of drug-likeness (QED) is 0.251. The molecule has 1 amide bonds. The number of anilines is 1. The van der Waals surface area contributed by atoms with Crippen LogP contribution in [0.15, 0.2) is 66.2 Å². The van der Waals surface area contributed by atoms with Crippen molar-refractivity contribution in [2.45, 2.75) is 19.9 Å². The number of rotatable bonds is 7. The molecule has 186 valence electrons. The van der Waals surface area contributed by atoms with Gasteiger partial charge in [0.1, 0.15) is 11.5 Å². The lowest BCUT2D eigenvalue weighted by molar-refractivity contribution is -0.132. The largest absolute Gasteiger partial charge is 0.507 e. The molecule has 1 heterocycles. The minimum Gasteiger partial charge on any atom is -0.507 e. The summed E-state index contributed by atoms with van der Waals surface area (Å²) in [5, 5.41) is 11.8. The summed E-state index contributed by atoms with van der Waals surface area (Å²) in [6.45, 7) is 4.19. The molecule has 0 radical (unpaired) electrons. The molecule has 1 aliphatic heterocycles. The van der Waals surface area contributed by atoms with Crippen molar-refractivity contribution in [2.75, 3.05) is 25.7 Å². The highest BCUT2D eigenvalue weighted by molar-refractivity contribution is 6.51. The Kier molecular flexibility index (Phi) is 7.22. The number of hydrogen-bond acceptors (Lipinski definition) is 6. The molecule has 8 heteroatoms. The van der Waals surface area contributed by atoms with Gasteiger partial charge in [-0.2, -0.15) is 0 Å². The first-order valence-corrected chi connectivity index (χ1v) is 11.7. The van der Waals surface area contributed by atoms with Gasteiger partial charge in [-0.05, 0) is 67.4 Å². The second kappa shape index (κ2) is 10.3. The zero-order chi connectivity index (χ0) is 26.0. The van der Waals surface area contributed by atoms with Gasteiger partial charge in [-0.25, -0.2) is 0 Å². The van der Waals surface area contributed by atoms with Gasteiger partial charge in [0.2, 0.25) is 0 Å². The molecule has 0 saturated carbocycles. The van der Waals surface area contributed by atoms with E-state index in [0.29, 0.717) is 40.1 Å². The number of aliphatic hydroxyl groups excluding tert-OH is 1. The van der Waals surface area contributed by atoms with E-state index in [0.717, 1.165) is 5.56 Å². The first-order valence-electron chi connectivity index (χ1n) is 11.3. The lowest BCUT2D eigenvalue weighted by Gasteiger charge is -2.26. The molecule has 1 unspecified atom stereocenters. The minimum absolute atomic E-state index is 0.0896. The fourth-order valence-electron chi connectivity index (χ4n) is 4.33. The summed E-state index contributed by atoms with van der Waals surface area (Å²) in [7, 11) is 2.95. The predicted octanol–water partition coefficient (Wildman–Crippen LogP) is 5.69. The van der Waals surface area contributed by atoms with Gasteiger partial charge in [0.15, 0.2) is 11.5 Å². The monoisotopic (exact) mass is 507 g/mol. The van der Waals surface area contributed by atoms with Gasteiger partial charge in [-0.15, -0.1) is 0 Å². The highest BCUT2D eigenvalue weighted by Gasteiger charge is 2.47. The fourth-order valence-corrected chi connectivity index (χ4v) is 4.50. The SMILES string of the molecule is CCOc1ccc(C2/C(=C(\O)c3cc(Cl)ccc3OC)C(=O)C(=O)N2c2cccc(C)c2)cc1OC. The van der Waals surface area contributed by atoms with Crippen LogP contribution in [-0.4, -0.2) is 37.6 Å². The average molecular weight is 508 g/mol. The van der Waals surface area contributed by atoms with E-state index in [4.69, 9.17) is 25.8 Å². The predicted molar refractivity (Wildman–Crippen MR) is 138 cm³/mol. The first kappa shape index (κ1) is 25.1. The van der Waals surface area contributed by atoms with Crippen LogP contribution in [0.1, 0.15) is 29.7 Å². The van der Waals surface area contributed by atoms with Crippen molar-refractivity contribution in [3.8, 4) is 17.2 Å². The lowest BCUT2D eigenvalue weighted by atomic mass is 9.94. The van der Waals surface area contributed by atoms with Gasteiger partial charge in [-0.3, -0.25) is 14.5 Å². The Labute approximate surface area is 214 Å². The molecule has 0 aliphatic carbocycles. The van der Waals surface area contributed by atoms with Crippen molar-refractivity contribution in [3.05, 3.63) is 87.9 Å². The topological polar surface area (TPSA) is 85.3 Å². The molecule has 0 bridgehead atoms. The Morgan fingerprint density at radius 2 is 1.69 bits per heavy atom. The van der Waals surface area contributed by atoms with Gasteiger partial charge in [0.25, 0.3) is 11.7 Å². The van der Waals surface area contributed by atoms with E-state index in [1.54, 1.807) is 42.5 Å². The molecule has 1 N–H and O–H groups in total. The Bertz CT molecular complexity index is 1370. The molecule has 1 atom stereocenters. The standard InChI is InChI=1S/C28H26ClNO6/c1-5-36-22-11-9-17(14-23(22)35-4)25-24(26(31)20-15-18(29)10-12-21(20)34-3)27(32)28(33)30(25)19-8-6-7-16(2)13-19/h6-15,25,31H,5H2,1-4H3/b26-24+. The highest BCUT2D eigenvalue weighted by atomic mass is 35.5. The van der Waals surface area contributed by atoms with E-state index < -0.39 is 17.7 Å². The molecule has 36 heavy (non-hydrogen) atoms. The van der Waals surface area contributed by atoms with Crippen molar-refractivity contribution < 1.29 is 28.9 Å². The summed E-state index contributed by atoms with van der Waals surface area (Å²) in [5.74, 6) is -0.713. The first-order chi connectivity index (χ1) is 17.3. The fraction of sp³-hybridized carbons (Fsp3) is 0.214. The molecule has 0 spiro atoms. The lowest BCUT2D eigenvalue weighted by Crippen LogP contribution is -2.29. The summed E-state index contributed by atoms with van der Waals surface area (Å²) in [6, 6.07) is 16.2. The molecule has 1 aliphatic rings. The van der Waals surface area contributed by atoms with Crippen molar-refractivity contribution in [1.82, 2.24) is 0 Å². The summed E-state index contributed by atoms with van der Waals surface area (Å²) < 4.78 is 16.5. The number of halogens is 1. The van der Waals surface area contributed by atoms with E-state index in [1.165, 1.54) is 25.2 Å². The van der Waals surface area contributed by atoms with Crippen LogP contribution in [0.25, 0.3) is 5.76 Å². The van der Waals surface area contributed by atoms with Crippen LogP contribution in [0.5, 0.6) is 17.2 Å². The number of nitrogens with zero attached hydrogens (tertiary/aromatic N) is 1. The van der Waals surface area contributed by atoms with Crippen LogP contribution in [0.4, 0.5) is 5.69 Å². The number of amides is 1. The maximum absolute atomic E-state index is 13.4. The molecule has 3 aromatic carbocycles. The Hall–Kier alpha value is -3.97. The van der Waals surface area contributed by atoms with Crippen molar-refractivity contribution >= 4 is 34.7 Å². The number of benzene rings is 3. The Morgan fingerprint density at radius 1 is 0.972 bits per heavy atom. The second-order valence-corrected chi connectivity index (χ2v) is 8.63. The van der Waals surface area contributed by atoms with Crippen LogP contribution in [-0.2, 0) is 9.59 Å². The highest BCUT2D eigenvalue weighted by Crippen LogP contribution is 2.45. The molecule has 4 rings (SSSR count). The van der Waals surface area contributed by atoms with Crippen LogP contribution >= 0.6 is 11.6 Å². The molecule has 1 fully saturated rings. The maximum Gasteiger partial charge on any atom is 0.300 e. The maximum atomic E-state index is 13.4. The van der Waals surface area contributed by atoms with Crippen LogP contribution in [0, 0.1) is 6.92 Å². The number of methoxy groups -OCH3 is 2. The molecular weight excluding hydrogens is 482 g/mol. The smallest absolute Gasteiger partial charge is 0.300 e. The molecule has 1 saturated heterocycles. The molecule has 3 aromatic rings. The van der Waals surface area contributed by atoms with E-state index in [2.05, 4.69) is 0 Å². The molecule has 7 nitrogen and oxygen atoms in total. The number of aryl methyl sites for hydroxylation is 1. The number of ketones is 1. The van der Waals surface area contributed by atoms with E-state index >= 15 is 0 Å². The second-order valence-electron chi connectivity index (χ2n) is 8.20. The summed E-state index contributed by atoms with van der Waals surface area (Å²) in [6.07, 6.45) is 0. The zero-order valence-corrected chi connectivity index (χ0v) is 21.1. The van der Waals surface area contributed by atoms with E-state index in [-0.39, 0.29) is 16.9 Å². The molecular formula is C28H26ClNO6. The van der Waals surface area contributed by atoms with Gasteiger partial charge >= 0.3 is 0 Å². The van der Waals surface area contributed by atoms with Crippen molar-refractivity contribution in [1.29, 1.82) is 0 Å². The summed E-state index contributed by atoms with van der Waals surface area (Å²) in [5.41, 5.74) is 2.10. The van der Waals surface area contributed by atoms with Gasteiger partial charge in [-0.1, -0.05) is 29.8 Å². The average Bonchev–Trinajstić information content (AvgIpc) is 3.14.